The molecular formula is C15H30N2O4S. The van der Waals surface area contributed by atoms with Crippen LogP contribution in [0.15, 0.2) is 0 Å². The predicted molar refractivity (Wildman–Crippen MR) is 87.6 cm³/mol. The number of likely N-dealkylation sites (tertiary alicyclic amines) is 1. The van der Waals surface area contributed by atoms with E-state index in [1.165, 1.54) is 0 Å². The van der Waals surface area contributed by atoms with Crippen LogP contribution in [0.3, 0.4) is 0 Å². The quantitative estimate of drug-likeness (QED) is 0.755. The Labute approximate surface area is 136 Å². The van der Waals surface area contributed by atoms with Gasteiger partial charge in [-0.05, 0) is 40.0 Å². The molecule has 0 bridgehead atoms. The van der Waals surface area contributed by atoms with E-state index in [4.69, 9.17) is 4.74 Å². The van der Waals surface area contributed by atoms with Crippen molar-refractivity contribution in [1.82, 2.24) is 9.62 Å². The summed E-state index contributed by atoms with van der Waals surface area (Å²) in [6.07, 6.45) is 2.90. The fraction of sp³-hybridized carbons (Fsp3) is 0.933. The third-order valence-electron chi connectivity index (χ3n) is 3.68. The van der Waals surface area contributed by atoms with Gasteiger partial charge in [0.1, 0.15) is 0 Å². The summed E-state index contributed by atoms with van der Waals surface area (Å²) in [5, 5.41) is 10.1. The molecule has 0 aromatic carbocycles. The van der Waals surface area contributed by atoms with Crippen LogP contribution in [-0.4, -0.2) is 50.5 Å². The zero-order chi connectivity index (χ0) is 16.8. The van der Waals surface area contributed by atoms with E-state index in [1.807, 2.05) is 27.7 Å². The van der Waals surface area contributed by atoms with Crippen LogP contribution in [0.25, 0.3) is 0 Å². The third-order valence-corrected chi connectivity index (χ3v) is 5.31. The van der Waals surface area contributed by atoms with Crippen LogP contribution < -0.4 is 4.72 Å². The maximum Gasteiger partial charge on any atom is 0.412 e. The highest BCUT2D eigenvalue weighted by molar-refractivity contribution is 7.84. The SMILES string of the molecule is CC[C@@H](NS(=O)C(C)(C)C)[C@@H](O)OC(=O)N1CCCCCC1. The molecule has 1 amide bonds. The van der Waals surface area contributed by atoms with Gasteiger partial charge >= 0.3 is 6.09 Å². The van der Waals surface area contributed by atoms with E-state index in [0.29, 0.717) is 19.5 Å². The van der Waals surface area contributed by atoms with Crippen molar-refractivity contribution in [2.75, 3.05) is 13.1 Å². The van der Waals surface area contributed by atoms with Gasteiger partial charge in [0.2, 0.25) is 6.29 Å². The number of hydrogen-bond donors (Lipinski definition) is 2. The molecule has 0 aliphatic carbocycles. The normalized spacial score (nSPS) is 20.9. The number of rotatable bonds is 5. The highest BCUT2D eigenvalue weighted by Crippen LogP contribution is 2.14. The van der Waals surface area contributed by atoms with E-state index in [-0.39, 0.29) is 0 Å². The maximum absolute atomic E-state index is 12.1. The Kier molecular flexibility index (Phi) is 7.79. The molecule has 0 aromatic heterocycles. The van der Waals surface area contributed by atoms with Gasteiger partial charge in [-0.3, -0.25) is 0 Å². The Morgan fingerprint density at radius 3 is 2.27 bits per heavy atom. The van der Waals surface area contributed by atoms with Gasteiger partial charge in [0.15, 0.2) is 0 Å². The van der Waals surface area contributed by atoms with Crippen LogP contribution in [0.2, 0.25) is 0 Å². The second kappa shape index (κ2) is 8.84. The lowest BCUT2D eigenvalue weighted by Gasteiger charge is -2.28. The molecule has 3 atom stereocenters. The number of carbonyl (C=O) groups excluding carboxylic acids is 1. The lowest BCUT2D eigenvalue weighted by Crippen LogP contribution is -2.48. The van der Waals surface area contributed by atoms with Gasteiger partial charge in [-0.2, -0.15) is 0 Å². The molecule has 0 saturated carbocycles. The Morgan fingerprint density at radius 2 is 1.82 bits per heavy atom. The summed E-state index contributed by atoms with van der Waals surface area (Å²) in [7, 11) is -1.33. The van der Waals surface area contributed by atoms with Crippen molar-refractivity contribution < 1.29 is 18.8 Å². The number of amides is 1. The van der Waals surface area contributed by atoms with E-state index in [9.17, 15) is 14.1 Å². The van der Waals surface area contributed by atoms with Crippen LogP contribution in [0.5, 0.6) is 0 Å². The molecule has 1 rings (SSSR count). The molecule has 1 aliphatic rings. The zero-order valence-electron chi connectivity index (χ0n) is 14.1. The second-order valence-electron chi connectivity index (χ2n) is 6.69. The number of hydrogen-bond acceptors (Lipinski definition) is 4. The lowest BCUT2D eigenvalue weighted by molar-refractivity contribution is -0.0818. The summed E-state index contributed by atoms with van der Waals surface area (Å²) in [6.45, 7) is 8.73. The van der Waals surface area contributed by atoms with E-state index in [0.717, 1.165) is 25.7 Å². The summed E-state index contributed by atoms with van der Waals surface area (Å²) in [5.74, 6) is 0. The highest BCUT2D eigenvalue weighted by atomic mass is 32.2. The molecule has 0 radical (unpaired) electrons. The van der Waals surface area contributed by atoms with E-state index in [1.54, 1.807) is 4.90 Å². The highest BCUT2D eigenvalue weighted by Gasteiger charge is 2.29. The summed E-state index contributed by atoms with van der Waals surface area (Å²) in [5.41, 5.74) is 0. The van der Waals surface area contributed by atoms with Gasteiger partial charge < -0.3 is 14.7 Å². The first-order chi connectivity index (χ1) is 10.3. The molecule has 130 valence electrons. The zero-order valence-corrected chi connectivity index (χ0v) is 14.9. The van der Waals surface area contributed by atoms with Crippen molar-refractivity contribution in [3.8, 4) is 0 Å². The third kappa shape index (κ3) is 6.22. The molecule has 0 spiro atoms. The van der Waals surface area contributed by atoms with Crippen molar-refractivity contribution in [2.45, 2.75) is 76.9 Å². The van der Waals surface area contributed by atoms with E-state index < -0.39 is 34.2 Å². The molecule has 2 N–H and O–H groups in total. The average molecular weight is 334 g/mol. The monoisotopic (exact) mass is 334 g/mol. The van der Waals surface area contributed by atoms with Crippen molar-refractivity contribution >= 4 is 17.1 Å². The van der Waals surface area contributed by atoms with Crippen LogP contribution >= 0.6 is 0 Å². The van der Waals surface area contributed by atoms with Gasteiger partial charge in [-0.15, -0.1) is 0 Å². The first-order valence-corrected chi connectivity index (χ1v) is 9.22. The smallest absolute Gasteiger partial charge is 0.412 e. The molecular weight excluding hydrogens is 304 g/mol. The summed E-state index contributed by atoms with van der Waals surface area (Å²) < 4.78 is 19.7. The summed E-state index contributed by atoms with van der Waals surface area (Å²) >= 11 is 0. The molecule has 1 saturated heterocycles. The number of nitrogens with zero attached hydrogens (tertiary/aromatic N) is 1. The van der Waals surface area contributed by atoms with E-state index >= 15 is 0 Å². The first-order valence-electron chi connectivity index (χ1n) is 8.07. The Hall–Kier alpha value is -0.660. The van der Waals surface area contributed by atoms with E-state index in [2.05, 4.69) is 4.72 Å². The Balaban J connectivity index is 2.54. The van der Waals surface area contributed by atoms with Crippen LogP contribution in [0.4, 0.5) is 4.79 Å². The molecule has 1 unspecified atom stereocenters. The standard InChI is InChI=1S/C15H30N2O4S/c1-5-12(16-22(20)15(2,3)4)13(18)21-14(19)17-10-8-6-7-9-11-17/h12-13,16,18H,5-11H2,1-4H3/t12-,13+,22?/m1/s1. The molecule has 1 fully saturated rings. The number of ether oxygens (including phenoxy) is 1. The molecule has 7 heteroatoms. The average Bonchev–Trinajstić information content (AvgIpc) is 2.72. The largest absolute Gasteiger partial charge is 0.418 e. The summed E-state index contributed by atoms with van der Waals surface area (Å²) in [6, 6.07) is -0.545. The number of nitrogens with one attached hydrogen (secondary N) is 1. The van der Waals surface area contributed by atoms with Crippen molar-refractivity contribution in [1.29, 1.82) is 0 Å². The van der Waals surface area contributed by atoms with Gasteiger partial charge in [0.25, 0.3) is 0 Å². The van der Waals surface area contributed by atoms with Crippen molar-refractivity contribution in [2.24, 2.45) is 0 Å². The maximum atomic E-state index is 12.1. The van der Waals surface area contributed by atoms with Crippen molar-refractivity contribution in [3.05, 3.63) is 0 Å². The number of aliphatic hydroxyl groups excluding tert-OH is 1. The predicted octanol–water partition coefficient (Wildman–Crippen LogP) is 2.15. The van der Waals surface area contributed by atoms with Crippen LogP contribution in [0, 0.1) is 0 Å². The van der Waals surface area contributed by atoms with Crippen LogP contribution in [0.1, 0.15) is 59.8 Å². The van der Waals surface area contributed by atoms with Gasteiger partial charge in [-0.1, -0.05) is 19.8 Å². The van der Waals surface area contributed by atoms with Crippen molar-refractivity contribution in [3.63, 3.8) is 0 Å². The van der Waals surface area contributed by atoms with Gasteiger partial charge in [-0.25, -0.2) is 13.7 Å². The summed E-state index contributed by atoms with van der Waals surface area (Å²) in [4.78, 5) is 13.7. The molecule has 6 nitrogen and oxygen atoms in total. The second-order valence-corrected chi connectivity index (χ2v) is 8.69. The minimum Gasteiger partial charge on any atom is -0.418 e. The molecule has 1 heterocycles. The topological polar surface area (TPSA) is 78.9 Å². The first kappa shape index (κ1) is 19.4. The fourth-order valence-corrected chi connectivity index (χ4v) is 3.08. The lowest BCUT2D eigenvalue weighted by atomic mass is 10.2. The van der Waals surface area contributed by atoms with Crippen LogP contribution in [-0.2, 0) is 15.7 Å². The number of carbonyl (C=O) groups is 1. The molecule has 1 aliphatic heterocycles. The fourth-order valence-electron chi connectivity index (χ4n) is 2.17. The Bertz CT molecular complexity index is 376. The Morgan fingerprint density at radius 1 is 1.27 bits per heavy atom. The minimum absolute atomic E-state index is 0.443. The molecule has 22 heavy (non-hydrogen) atoms. The number of aliphatic hydroxyl groups is 1. The van der Waals surface area contributed by atoms with Gasteiger partial charge in [0, 0.05) is 13.1 Å². The van der Waals surface area contributed by atoms with Gasteiger partial charge in [0.05, 0.1) is 21.8 Å². The minimum atomic E-state index is -1.33. The molecule has 0 aromatic rings.